The lowest BCUT2D eigenvalue weighted by molar-refractivity contribution is 0.870. The van der Waals surface area contributed by atoms with E-state index in [0.29, 0.717) is 10.0 Å². The SMILES string of the molecule is Cc1cccc(C(N)c2c(Cl)cccc2Cl)c1. The average Bonchev–Trinajstić information content (AvgIpc) is 2.28. The van der Waals surface area contributed by atoms with E-state index >= 15 is 0 Å². The zero-order valence-electron chi connectivity index (χ0n) is 9.45. The van der Waals surface area contributed by atoms with Crippen LogP contribution in [-0.2, 0) is 0 Å². The lowest BCUT2D eigenvalue weighted by atomic mass is 9.98. The number of rotatable bonds is 2. The van der Waals surface area contributed by atoms with E-state index in [9.17, 15) is 0 Å². The van der Waals surface area contributed by atoms with Crippen LogP contribution in [0.25, 0.3) is 0 Å². The van der Waals surface area contributed by atoms with Crippen molar-refractivity contribution in [2.24, 2.45) is 5.73 Å². The van der Waals surface area contributed by atoms with Gasteiger partial charge in [0.1, 0.15) is 0 Å². The number of hydrogen-bond donors (Lipinski definition) is 1. The van der Waals surface area contributed by atoms with Gasteiger partial charge in [0.2, 0.25) is 0 Å². The van der Waals surface area contributed by atoms with Gasteiger partial charge in [-0.3, -0.25) is 0 Å². The Balaban J connectivity index is 2.47. The van der Waals surface area contributed by atoms with Crippen LogP contribution in [0.5, 0.6) is 0 Å². The molecule has 0 fully saturated rings. The summed E-state index contributed by atoms with van der Waals surface area (Å²) in [6.45, 7) is 2.03. The summed E-state index contributed by atoms with van der Waals surface area (Å²) in [6.07, 6.45) is 0. The summed E-state index contributed by atoms with van der Waals surface area (Å²) in [5.74, 6) is 0. The predicted octanol–water partition coefficient (Wildman–Crippen LogP) is 4.35. The normalized spacial score (nSPS) is 12.5. The van der Waals surface area contributed by atoms with Crippen molar-refractivity contribution in [2.45, 2.75) is 13.0 Å². The van der Waals surface area contributed by atoms with Gasteiger partial charge in [-0.25, -0.2) is 0 Å². The van der Waals surface area contributed by atoms with Gasteiger partial charge < -0.3 is 5.73 Å². The zero-order chi connectivity index (χ0) is 12.4. The third kappa shape index (κ3) is 2.63. The molecule has 0 aliphatic heterocycles. The summed E-state index contributed by atoms with van der Waals surface area (Å²) in [5, 5.41) is 1.21. The van der Waals surface area contributed by atoms with Gasteiger partial charge in [0.15, 0.2) is 0 Å². The summed E-state index contributed by atoms with van der Waals surface area (Å²) < 4.78 is 0. The lowest BCUT2D eigenvalue weighted by Crippen LogP contribution is -2.13. The molecule has 2 rings (SSSR count). The fourth-order valence-corrected chi connectivity index (χ4v) is 2.47. The van der Waals surface area contributed by atoms with Gasteiger partial charge in [-0.05, 0) is 24.6 Å². The maximum atomic E-state index is 6.22. The highest BCUT2D eigenvalue weighted by Gasteiger charge is 2.15. The van der Waals surface area contributed by atoms with Gasteiger partial charge in [0.25, 0.3) is 0 Å². The molecule has 0 saturated heterocycles. The summed E-state index contributed by atoms with van der Waals surface area (Å²) in [6, 6.07) is 13.2. The third-order valence-electron chi connectivity index (χ3n) is 2.71. The minimum Gasteiger partial charge on any atom is -0.320 e. The molecule has 1 nitrogen and oxygen atoms in total. The Hall–Kier alpha value is -1.02. The first-order valence-electron chi connectivity index (χ1n) is 5.35. The van der Waals surface area contributed by atoms with Gasteiger partial charge in [-0.15, -0.1) is 0 Å². The molecule has 0 amide bonds. The minimum atomic E-state index is -0.295. The quantitative estimate of drug-likeness (QED) is 0.859. The highest BCUT2D eigenvalue weighted by Crippen LogP contribution is 2.32. The molecular formula is C14H13Cl2N. The maximum absolute atomic E-state index is 6.22. The molecule has 3 heteroatoms. The van der Waals surface area contributed by atoms with Crippen LogP contribution in [0.3, 0.4) is 0 Å². The highest BCUT2D eigenvalue weighted by molar-refractivity contribution is 6.36. The topological polar surface area (TPSA) is 26.0 Å². The smallest absolute Gasteiger partial charge is 0.0581 e. The van der Waals surface area contributed by atoms with Crippen molar-refractivity contribution in [3.63, 3.8) is 0 Å². The number of aryl methyl sites for hydroxylation is 1. The molecule has 0 saturated carbocycles. The van der Waals surface area contributed by atoms with Gasteiger partial charge in [-0.1, -0.05) is 59.1 Å². The molecule has 17 heavy (non-hydrogen) atoms. The van der Waals surface area contributed by atoms with Crippen molar-refractivity contribution < 1.29 is 0 Å². The first kappa shape index (κ1) is 12.4. The monoisotopic (exact) mass is 265 g/mol. The molecule has 0 aliphatic rings. The summed E-state index contributed by atoms with van der Waals surface area (Å²) in [4.78, 5) is 0. The van der Waals surface area contributed by atoms with Crippen molar-refractivity contribution >= 4 is 23.2 Å². The van der Waals surface area contributed by atoms with Crippen LogP contribution in [-0.4, -0.2) is 0 Å². The highest BCUT2D eigenvalue weighted by atomic mass is 35.5. The van der Waals surface area contributed by atoms with Gasteiger partial charge >= 0.3 is 0 Å². The summed E-state index contributed by atoms with van der Waals surface area (Å²) >= 11 is 12.3. The van der Waals surface area contributed by atoms with Crippen molar-refractivity contribution in [2.75, 3.05) is 0 Å². The number of halogens is 2. The molecule has 0 aromatic heterocycles. The van der Waals surface area contributed by atoms with Crippen LogP contribution in [0, 0.1) is 6.92 Å². The van der Waals surface area contributed by atoms with Crippen LogP contribution in [0.4, 0.5) is 0 Å². The molecule has 0 spiro atoms. The predicted molar refractivity (Wildman–Crippen MR) is 73.7 cm³/mol. The molecule has 1 unspecified atom stereocenters. The van der Waals surface area contributed by atoms with E-state index in [-0.39, 0.29) is 6.04 Å². The minimum absolute atomic E-state index is 0.295. The van der Waals surface area contributed by atoms with Crippen LogP contribution in [0.1, 0.15) is 22.7 Å². The standard InChI is InChI=1S/C14H13Cl2N/c1-9-4-2-5-10(8-9)14(17)13-11(15)6-3-7-12(13)16/h2-8,14H,17H2,1H3. The van der Waals surface area contributed by atoms with E-state index in [1.165, 1.54) is 5.56 Å². The fraction of sp³-hybridized carbons (Fsp3) is 0.143. The molecule has 0 radical (unpaired) electrons. The molecule has 0 aliphatic carbocycles. The van der Waals surface area contributed by atoms with E-state index in [1.54, 1.807) is 12.1 Å². The van der Waals surface area contributed by atoms with Crippen LogP contribution in [0.15, 0.2) is 42.5 Å². The van der Waals surface area contributed by atoms with E-state index in [0.717, 1.165) is 11.1 Å². The first-order chi connectivity index (χ1) is 8.09. The number of nitrogens with two attached hydrogens (primary N) is 1. The molecule has 2 N–H and O–H groups in total. The Kier molecular flexibility index (Phi) is 3.72. The van der Waals surface area contributed by atoms with Crippen molar-refractivity contribution in [3.8, 4) is 0 Å². The molecule has 2 aromatic carbocycles. The van der Waals surface area contributed by atoms with E-state index in [2.05, 4.69) is 0 Å². The second-order valence-corrected chi connectivity index (χ2v) is 4.84. The van der Waals surface area contributed by atoms with Gasteiger partial charge in [0, 0.05) is 15.6 Å². The zero-order valence-corrected chi connectivity index (χ0v) is 11.0. The molecule has 88 valence electrons. The first-order valence-corrected chi connectivity index (χ1v) is 6.11. The number of benzene rings is 2. The molecule has 0 bridgehead atoms. The summed E-state index contributed by atoms with van der Waals surface area (Å²) in [5.41, 5.74) is 9.18. The second-order valence-electron chi connectivity index (χ2n) is 4.03. The Morgan fingerprint density at radius 2 is 1.59 bits per heavy atom. The summed E-state index contributed by atoms with van der Waals surface area (Å²) in [7, 11) is 0. The van der Waals surface area contributed by atoms with Crippen LogP contribution >= 0.6 is 23.2 Å². The molecule has 2 aromatic rings. The van der Waals surface area contributed by atoms with E-state index in [1.807, 2.05) is 37.3 Å². The Morgan fingerprint density at radius 1 is 1.00 bits per heavy atom. The molecular weight excluding hydrogens is 253 g/mol. The maximum Gasteiger partial charge on any atom is 0.0581 e. The Bertz CT molecular complexity index is 517. The van der Waals surface area contributed by atoms with Gasteiger partial charge in [-0.2, -0.15) is 0 Å². The number of hydrogen-bond acceptors (Lipinski definition) is 1. The Morgan fingerprint density at radius 3 is 2.18 bits per heavy atom. The van der Waals surface area contributed by atoms with Crippen LogP contribution < -0.4 is 5.73 Å². The largest absolute Gasteiger partial charge is 0.320 e. The second kappa shape index (κ2) is 5.09. The van der Waals surface area contributed by atoms with Crippen LogP contribution in [0.2, 0.25) is 10.0 Å². The van der Waals surface area contributed by atoms with E-state index in [4.69, 9.17) is 28.9 Å². The fourth-order valence-electron chi connectivity index (χ4n) is 1.84. The van der Waals surface area contributed by atoms with E-state index < -0.39 is 0 Å². The van der Waals surface area contributed by atoms with Gasteiger partial charge in [0.05, 0.1) is 6.04 Å². The van der Waals surface area contributed by atoms with Crippen molar-refractivity contribution in [1.82, 2.24) is 0 Å². The Labute approximate surface area is 111 Å². The molecule has 0 heterocycles. The van der Waals surface area contributed by atoms with Crippen molar-refractivity contribution in [3.05, 3.63) is 69.2 Å². The average molecular weight is 266 g/mol. The lowest BCUT2D eigenvalue weighted by Gasteiger charge is -2.16. The molecule has 1 atom stereocenters. The van der Waals surface area contributed by atoms with Crippen molar-refractivity contribution in [1.29, 1.82) is 0 Å². The third-order valence-corrected chi connectivity index (χ3v) is 3.37.